The van der Waals surface area contributed by atoms with E-state index in [1.54, 1.807) is 43.5 Å². The zero-order chi connectivity index (χ0) is 15.9. The van der Waals surface area contributed by atoms with E-state index in [0.717, 1.165) is 11.4 Å². The van der Waals surface area contributed by atoms with E-state index in [0.29, 0.717) is 10.7 Å². The molecule has 0 spiro atoms. The summed E-state index contributed by atoms with van der Waals surface area (Å²) in [5.41, 5.74) is 12.9. The molecule has 0 heterocycles. The summed E-state index contributed by atoms with van der Waals surface area (Å²) in [6, 6.07) is 14.1. The molecule has 0 radical (unpaired) electrons. The number of anilines is 1. The van der Waals surface area contributed by atoms with Gasteiger partial charge in [0.1, 0.15) is 5.75 Å². The Hall–Kier alpha value is -2.73. The number of ether oxygens (including phenoxy) is 1. The zero-order valence-electron chi connectivity index (χ0n) is 12.0. The van der Waals surface area contributed by atoms with Crippen LogP contribution in [0.25, 0.3) is 0 Å². The smallest absolute Gasteiger partial charge is 0.223 e. The fourth-order valence-electron chi connectivity index (χ4n) is 1.65. The second-order valence-electron chi connectivity index (χ2n) is 4.30. The van der Waals surface area contributed by atoms with Gasteiger partial charge in [0, 0.05) is 10.7 Å². The molecular weight excluding hydrogens is 302 g/mol. The van der Waals surface area contributed by atoms with Crippen molar-refractivity contribution in [2.45, 2.75) is 0 Å². The molecular formula is C15H16ClN5O. The lowest BCUT2D eigenvalue weighted by atomic mass is 10.3. The molecule has 5 N–H and O–H groups in total. The number of halogens is 1. The minimum atomic E-state index is 0.0424. The van der Waals surface area contributed by atoms with E-state index in [-0.39, 0.29) is 11.9 Å². The van der Waals surface area contributed by atoms with Crippen molar-refractivity contribution in [3.63, 3.8) is 0 Å². The fraction of sp³-hybridized carbons (Fsp3) is 0.0667. The van der Waals surface area contributed by atoms with E-state index in [2.05, 4.69) is 15.3 Å². The molecule has 2 rings (SSSR count). The Morgan fingerprint density at radius 3 is 2.27 bits per heavy atom. The molecule has 114 valence electrons. The van der Waals surface area contributed by atoms with Gasteiger partial charge in [-0.15, -0.1) is 0 Å². The Morgan fingerprint density at radius 2 is 1.68 bits per heavy atom. The van der Waals surface area contributed by atoms with Crippen molar-refractivity contribution in [1.29, 1.82) is 0 Å². The van der Waals surface area contributed by atoms with Crippen LogP contribution in [0.2, 0.25) is 5.02 Å². The topological polar surface area (TPSA) is 98.0 Å². The highest BCUT2D eigenvalue weighted by atomic mass is 35.5. The van der Waals surface area contributed by atoms with Crippen LogP contribution in [0.4, 0.5) is 11.4 Å². The molecule has 6 nitrogen and oxygen atoms in total. The summed E-state index contributed by atoms with van der Waals surface area (Å²) >= 11 is 5.80. The summed E-state index contributed by atoms with van der Waals surface area (Å²) in [4.78, 5) is 8.10. The quantitative estimate of drug-likeness (QED) is 0.599. The molecule has 0 atom stereocenters. The average molecular weight is 318 g/mol. The van der Waals surface area contributed by atoms with Crippen LogP contribution in [0.1, 0.15) is 0 Å². The molecule has 0 unspecified atom stereocenters. The normalized spacial score (nSPS) is 12.1. The predicted molar refractivity (Wildman–Crippen MR) is 91.0 cm³/mol. The lowest BCUT2D eigenvalue weighted by Gasteiger charge is -2.06. The number of hydrogen-bond donors (Lipinski definition) is 3. The zero-order valence-corrected chi connectivity index (χ0v) is 12.7. The Morgan fingerprint density at radius 1 is 1.05 bits per heavy atom. The number of guanidine groups is 2. The van der Waals surface area contributed by atoms with Crippen molar-refractivity contribution < 1.29 is 4.74 Å². The maximum absolute atomic E-state index is 5.80. The Bertz CT molecular complexity index is 680. The van der Waals surface area contributed by atoms with E-state index < -0.39 is 0 Å². The van der Waals surface area contributed by atoms with Crippen molar-refractivity contribution in [2.24, 2.45) is 21.5 Å². The van der Waals surface area contributed by atoms with Gasteiger partial charge in [-0.25, -0.2) is 4.99 Å². The van der Waals surface area contributed by atoms with Gasteiger partial charge in [-0.1, -0.05) is 11.6 Å². The Kier molecular flexibility index (Phi) is 5.21. The summed E-state index contributed by atoms with van der Waals surface area (Å²) in [6.45, 7) is 0. The molecule has 0 aliphatic carbocycles. The van der Waals surface area contributed by atoms with Crippen molar-refractivity contribution in [2.75, 3.05) is 12.4 Å². The summed E-state index contributed by atoms with van der Waals surface area (Å²) in [6.07, 6.45) is 0. The minimum Gasteiger partial charge on any atom is -0.497 e. The summed E-state index contributed by atoms with van der Waals surface area (Å²) < 4.78 is 5.08. The largest absolute Gasteiger partial charge is 0.497 e. The fourth-order valence-corrected chi connectivity index (χ4v) is 1.77. The highest BCUT2D eigenvalue weighted by molar-refractivity contribution is 6.30. The number of hydrogen-bond acceptors (Lipinski definition) is 2. The van der Waals surface area contributed by atoms with E-state index in [4.69, 9.17) is 27.8 Å². The van der Waals surface area contributed by atoms with Gasteiger partial charge in [-0.2, -0.15) is 4.99 Å². The molecule has 0 saturated carbocycles. The van der Waals surface area contributed by atoms with Gasteiger partial charge < -0.3 is 21.5 Å². The van der Waals surface area contributed by atoms with Gasteiger partial charge in [0.15, 0.2) is 0 Å². The molecule has 0 aromatic heterocycles. The van der Waals surface area contributed by atoms with Crippen LogP contribution in [0.15, 0.2) is 58.5 Å². The summed E-state index contributed by atoms with van der Waals surface area (Å²) in [5.74, 6) is 0.936. The molecule has 0 bridgehead atoms. The second kappa shape index (κ2) is 7.33. The van der Waals surface area contributed by atoms with Gasteiger partial charge in [0.25, 0.3) is 0 Å². The van der Waals surface area contributed by atoms with Gasteiger partial charge in [0.05, 0.1) is 12.8 Å². The number of benzene rings is 2. The highest BCUT2D eigenvalue weighted by Crippen LogP contribution is 2.16. The lowest BCUT2D eigenvalue weighted by molar-refractivity contribution is 0.415. The SMILES string of the molecule is COc1ccc(NC(N)=NC(N)=Nc2ccc(Cl)cc2)cc1. The molecule has 2 aromatic carbocycles. The van der Waals surface area contributed by atoms with Crippen molar-refractivity contribution in [3.05, 3.63) is 53.6 Å². The van der Waals surface area contributed by atoms with Crippen LogP contribution in [0.3, 0.4) is 0 Å². The first-order chi connectivity index (χ1) is 10.6. The number of nitrogens with one attached hydrogen (secondary N) is 1. The van der Waals surface area contributed by atoms with Crippen LogP contribution in [-0.4, -0.2) is 19.0 Å². The Balaban J connectivity index is 2.05. The molecule has 0 aliphatic heterocycles. The second-order valence-corrected chi connectivity index (χ2v) is 4.73. The van der Waals surface area contributed by atoms with Crippen LogP contribution < -0.4 is 21.5 Å². The number of nitrogens with two attached hydrogens (primary N) is 2. The van der Waals surface area contributed by atoms with Gasteiger partial charge in [-0.3, -0.25) is 0 Å². The molecule has 0 saturated heterocycles. The standard InChI is InChI=1S/C15H16ClN5O/c1-22-13-8-6-12(7-9-13)20-15(18)21-14(17)19-11-4-2-10(16)3-5-11/h2-9H,1H3,(H5,17,18,19,20,21). The van der Waals surface area contributed by atoms with Crippen molar-refractivity contribution >= 4 is 34.9 Å². The monoisotopic (exact) mass is 317 g/mol. The lowest BCUT2D eigenvalue weighted by Crippen LogP contribution is -2.25. The maximum Gasteiger partial charge on any atom is 0.223 e. The third-order valence-electron chi connectivity index (χ3n) is 2.67. The number of rotatable bonds is 3. The Labute approximate surface area is 133 Å². The molecule has 2 aromatic rings. The molecule has 7 heteroatoms. The molecule has 0 aliphatic rings. The number of nitrogens with zero attached hydrogens (tertiary/aromatic N) is 2. The van der Waals surface area contributed by atoms with E-state index in [1.165, 1.54) is 0 Å². The third kappa shape index (κ3) is 4.68. The summed E-state index contributed by atoms with van der Waals surface area (Å²) in [5, 5.41) is 3.54. The van der Waals surface area contributed by atoms with Gasteiger partial charge in [0.2, 0.25) is 11.9 Å². The third-order valence-corrected chi connectivity index (χ3v) is 2.92. The number of methoxy groups -OCH3 is 1. The molecule has 22 heavy (non-hydrogen) atoms. The average Bonchev–Trinajstić information content (AvgIpc) is 2.50. The van der Waals surface area contributed by atoms with Gasteiger partial charge >= 0.3 is 0 Å². The minimum absolute atomic E-state index is 0.0424. The first kappa shape index (κ1) is 15.7. The first-order valence-corrected chi connectivity index (χ1v) is 6.79. The summed E-state index contributed by atoms with van der Waals surface area (Å²) in [7, 11) is 1.60. The van der Waals surface area contributed by atoms with Crippen LogP contribution in [0, 0.1) is 0 Å². The highest BCUT2D eigenvalue weighted by Gasteiger charge is 1.98. The van der Waals surface area contributed by atoms with Crippen LogP contribution in [0.5, 0.6) is 5.75 Å². The number of aliphatic imine (C=N–C) groups is 2. The van der Waals surface area contributed by atoms with E-state index in [1.807, 2.05) is 12.1 Å². The van der Waals surface area contributed by atoms with E-state index >= 15 is 0 Å². The van der Waals surface area contributed by atoms with E-state index in [9.17, 15) is 0 Å². The maximum atomic E-state index is 5.80. The molecule has 0 fully saturated rings. The van der Waals surface area contributed by atoms with Crippen LogP contribution in [-0.2, 0) is 0 Å². The van der Waals surface area contributed by atoms with Crippen molar-refractivity contribution in [3.8, 4) is 5.75 Å². The van der Waals surface area contributed by atoms with Crippen LogP contribution >= 0.6 is 11.6 Å². The van der Waals surface area contributed by atoms with Crippen molar-refractivity contribution in [1.82, 2.24) is 0 Å². The predicted octanol–water partition coefficient (Wildman–Crippen LogP) is 2.72. The van der Waals surface area contributed by atoms with Gasteiger partial charge in [-0.05, 0) is 48.5 Å². The molecule has 0 amide bonds. The first-order valence-electron chi connectivity index (χ1n) is 6.42.